The molecule has 1 aliphatic rings. The third-order valence-corrected chi connectivity index (χ3v) is 7.44. The third-order valence-electron chi connectivity index (χ3n) is 6.31. The van der Waals surface area contributed by atoms with Crippen LogP contribution in [0.4, 0.5) is 5.95 Å². The van der Waals surface area contributed by atoms with Crippen LogP contribution in [0.25, 0.3) is 27.7 Å². The van der Waals surface area contributed by atoms with Crippen molar-refractivity contribution in [1.29, 1.82) is 0 Å². The van der Waals surface area contributed by atoms with Gasteiger partial charge >= 0.3 is 0 Å². The van der Waals surface area contributed by atoms with E-state index in [0.717, 1.165) is 65.2 Å². The number of piperidine rings is 1. The van der Waals surface area contributed by atoms with Gasteiger partial charge in [-0.05, 0) is 60.7 Å². The second-order valence-corrected chi connectivity index (χ2v) is 10.8. The number of hydrogen-bond acceptors (Lipinski definition) is 7. The van der Waals surface area contributed by atoms with Gasteiger partial charge in [-0.15, -0.1) is 5.10 Å². The summed E-state index contributed by atoms with van der Waals surface area (Å²) in [6, 6.07) is 13.2. The van der Waals surface area contributed by atoms with Crippen LogP contribution in [0.3, 0.4) is 0 Å². The maximum absolute atomic E-state index is 11.7. The summed E-state index contributed by atoms with van der Waals surface area (Å²) in [7, 11) is -3.21. The van der Waals surface area contributed by atoms with Crippen molar-refractivity contribution in [3.8, 4) is 11.1 Å². The fourth-order valence-electron chi connectivity index (χ4n) is 4.30. The van der Waals surface area contributed by atoms with Crippen LogP contribution in [0.2, 0.25) is 0 Å². The molecule has 8 nitrogen and oxygen atoms in total. The van der Waals surface area contributed by atoms with Crippen molar-refractivity contribution in [2.75, 3.05) is 24.2 Å². The minimum Gasteiger partial charge on any atom is -0.341 e. The molecule has 0 atom stereocenters. The molecule has 1 fully saturated rings. The van der Waals surface area contributed by atoms with E-state index < -0.39 is 9.84 Å². The Kier molecular flexibility index (Phi) is 5.65. The van der Waals surface area contributed by atoms with Crippen LogP contribution in [0.5, 0.6) is 0 Å². The van der Waals surface area contributed by atoms with Crippen molar-refractivity contribution in [2.45, 2.75) is 30.7 Å². The van der Waals surface area contributed by atoms with E-state index >= 15 is 0 Å². The molecule has 5 rings (SSSR count). The summed E-state index contributed by atoms with van der Waals surface area (Å²) in [5, 5.41) is 8.87. The van der Waals surface area contributed by atoms with Gasteiger partial charge in [0.25, 0.3) is 0 Å². The molecule has 2 aromatic heterocycles. The summed E-state index contributed by atoms with van der Waals surface area (Å²) in [4.78, 5) is 11.5. The lowest BCUT2D eigenvalue weighted by Crippen LogP contribution is -2.36. The van der Waals surface area contributed by atoms with Crippen LogP contribution in [0.15, 0.2) is 66.3 Å². The van der Waals surface area contributed by atoms with E-state index in [1.807, 2.05) is 54.3 Å². The molecule has 3 heterocycles. The van der Waals surface area contributed by atoms with Crippen LogP contribution < -0.4 is 4.90 Å². The fourth-order valence-corrected chi connectivity index (χ4v) is 4.93. The summed E-state index contributed by atoms with van der Waals surface area (Å²) < 4.78 is 25.4. The first-order chi connectivity index (χ1) is 16.3. The molecule has 34 heavy (non-hydrogen) atoms. The Labute approximate surface area is 198 Å². The lowest BCUT2D eigenvalue weighted by molar-refractivity contribution is 0.367. The number of hydrogen-bond donors (Lipinski definition) is 0. The minimum absolute atomic E-state index is 0.260. The van der Waals surface area contributed by atoms with E-state index in [0.29, 0.717) is 4.90 Å². The zero-order valence-corrected chi connectivity index (χ0v) is 20.0. The lowest BCUT2D eigenvalue weighted by atomic mass is 10.0. The summed E-state index contributed by atoms with van der Waals surface area (Å²) in [5.74, 6) is 0.749. The zero-order valence-electron chi connectivity index (χ0n) is 19.2. The summed E-state index contributed by atoms with van der Waals surface area (Å²) in [6.45, 7) is 7.58. The molecule has 174 valence electrons. The molecule has 4 aromatic rings. The highest BCUT2D eigenvalue weighted by atomic mass is 32.2. The molecular formula is C25H26N6O2S. The van der Waals surface area contributed by atoms with E-state index in [1.165, 1.54) is 6.26 Å². The topological polar surface area (TPSA) is 93.9 Å². The Bertz CT molecular complexity index is 1450. The van der Waals surface area contributed by atoms with Crippen molar-refractivity contribution >= 4 is 32.4 Å². The van der Waals surface area contributed by atoms with E-state index in [1.54, 1.807) is 12.1 Å². The minimum atomic E-state index is -3.21. The first kappa shape index (κ1) is 22.2. The number of allylic oxidation sites excluding steroid dienone is 1. The molecule has 0 aliphatic carbocycles. The Hall–Kier alpha value is -3.59. The zero-order chi connectivity index (χ0) is 23.9. The maximum Gasteiger partial charge on any atom is 0.225 e. The Balaban J connectivity index is 1.31. The van der Waals surface area contributed by atoms with E-state index in [4.69, 9.17) is 0 Å². The summed E-state index contributed by atoms with van der Waals surface area (Å²) >= 11 is 0. The van der Waals surface area contributed by atoms with Gasteiger partial charge in [0.2, 0.25) is 5.95 Å². The largest absolute Gasteiger partial charge is 0.341 e. The average molecular weight is 475 g/mol. The Morgan fingerprint density at radius 1 is 1.00 bits per heavy atom. The second-order valence-electron chi connectivity index (χ2n) is 8.80. The molecule has 0 radical (unpaired) electrons. The van der Waals surface area contributed by atoms with Crippen molar-refractivity contribution < 1.29 is 8.42 Å². The quantitative estimate of drug-likeness (QED) is 0.429. The molecule has 0 saturated carbocycles. The van der Waals surface area contributed by atoms with Gasteiger partial charge in [-0.3, -0.25) is 0 Å². The molecule has 2 aromatic carbocycles. The molecule has 1 saturated heterocycles. The highest BCUT2D eigenvalue weighted by Gasteiger charge is 2.24. The van der Waals surface area contributed by atoms with Gasteiger partial charge in [-0.2, -0.15) is 0 Å². The molecule has 0 unspecified atom stereocenters. The van der Waals surface area contributed by atoms with Gasteiger partial charge < -0.3 is 4.90 Å². The molecule has 0 amide bonds. The van der Waals surface area contributed by atoms with Crippen molar-refractivity contribution in [3.05, 3.63) is 67.0 Å². The SMILES string of the molecule is C=C(C)c1cnc(N2CCC(n3nnc4cc(-c5ccc(S(C)(=O)=O)cc5)ccc43)CC2)nc1. The molecule has 9 heteroatoms. The van der Waals surface area contributed by atoms with Crippen LogP contribution in [-0.4, -0.2) is 52.7 Å². The number of aromatic nitrogens is 5. The van der Waals surface area contributed by atoms with Gasteiger partial charge in [0.15, 0.2) is 9.84 Å². The van der Waals surface area contributed by atoms with E-state index in [9.17, 15) is 8.42 Å². The van der Waals surface area contributed by atoms with Crippen molar-refractivity contribution in [2.24, 2.45) is 0 Å². The molecule has 0 spiro atoms. The standard InChI is InChI=1S/C25H26N6O2S/c1-17(2)20-15-26-25(27-16-20)30-12-10-21(11-13-30)31-24-9-6-19(14-23(24)28-29-31)18-4-7-22(8-5-18)34(3,32)33/h4-9,14-16,21H,1,10-13H2,2-3H3. The summed E-state index contributed by atoms with van der Waals surface area (Å²) in [6.07, 6.45) is 6.72. The molecule has 0 bridgehead atoms. The number of nitrogens with zero attached hydrogens (tertiary/aromatic N) is 6. The van der Waals surface area contributed by atoms with Crippen LogP contribution >= 0.6 is 0 Å². The first-order valence-electron chi connectivity index (χ1n) is 11.2. The smallest absolute Gasteiger partial charge is 0.225 e. The summed E-state index contributed by atoms with van der Waals surface area (Å²) in [5.41, 5.74) is 5.65. The lowest BCUT2D eigenvalue weighted by Gasteiger charge is -2.32. The number of sulfone groups is 1. The van der Waals surface area contributed by atoms with Crippen molar-refractivity contribution in [1.82, 2.24) is 25.0 Å². The number of fused-ring (bicyclic) bond motifs is 1. The number of anilines is 1. The fraction of sp³-hybridized carbons (Fsp3) is 0.280. The van der Waals surface area contributed by atoms with E-state index in [-0.39, 0.29) is 6.04 Å². The van der Waals surface area contributed by atoms with Gasteiger partial charge in [-0.1, -0.05) is 30.0 Å². The predicted octanol–water partition coefficient (Wildman–Crippen LogP) is 4.17. The van der Waals surface area contributed by atoms with Gasteiger partial charge in [0.1, 0.15) is 5.52 Å². The average Bonchev–Trinajstić information content (AvgIpc) is 3.27. The van der Waals surface area contributed by atoms with Crippen molar-refractivity contribution in [3.63, 3.8) is 0 Å². The molecule has 1 aliphatic heterocycles. The molecule has 0 N–H and O–H groups in total. The third kappa shape index (κ3) is 4.31. The molecular weight excluding hydrogens is 448 g/mol. The highest BCUT2D eigenvalue weighted by Crippen LogP contribution is 2.29. The van der Waals surface area contributed by atoms with Gasteiger partial charge in [0.05, 0.1) is 16.5 Å². The van der Waals surface area contributed by atoms with Crippen LogP contribution in [0.1, 0.15) is 31.4 Å². The maximum atomic E-state index is 11.7. The van der Waals surface area contributed by atoms with E-state index in [2.05, 4.69) is 31.8 Å². The number of benzene rings is 2. The highest BCUT2D eigenvalue weighted by molar-refractivity contribution is 7.90. The van der Waals surface area contributed by atoms with Crippen LogP contribution in [-0.2, 0) is 9.84 Å². The van der Waals surface area contributed by atoms with Crippen LogP contribution in [0, 0.1) is 0 Å². The second kappa shape index (κ2) is 8.64. The number of rotatable bonds is 5. The van der Waals surface area contributed by atoms with Gasteiger partial charge in [0, 0.05) is 37.3 Å². The normalized spacial score (nSPS) is 15.1. The monoisotopic (exact) mass is 474 g/mol. The Morgan fingerprint density at radius 2 is 1.65 bits per heavy atom. The van der Waals surface area contributed by atoms with Gasteiger partial charge in [-0.25, -0.2) is 23.1 Å². The Morgan fingerprint density at radius 3 is 2.26 bits per heavy atom. The first-order valence-corrected chi connectivity index (χ1v) is 13.1. The predicted molar refractivity (Wildman–Crippen MR) is 133 cm³/mol.